The van der Waals surface area contributed by atoms with Gasteiger partial charge in [-0.15, -0.1) is 0 Å². The van der Waals surface area contributed by atoms with Gasteiger partial charge in [0.2, 0.25) is 10.0 Å². The van der Waals surface area contributed by atoms with Crippen molar-refractivity contribution in [2.75, 3.05) is 12.3 Å². The number of sulfonamides is 1. The molecular formula is C12H28N2O2S. The van der Waals surface area contributed by atoms with E-state index in [9.17, 15) is 8.42 Å². The number of hydrogen-bond donors (Lipinski definition) is 2. The van der Waals surface area contributed by atoms with Crippen LogP contribution in [-0.4, -0.2) is 32.3 Å². The Kier molecular flexibility index (Phi) is 7.28. The predicted octanol–water partition coefficient (Wildman–Crippen LogP) is 1.87. The fraction of sp³-hybridized carbons (Fsp3) is 1.00. The average molecular weight is 264 g/mol. The Morgan fingerprint density at radius 2 is 1.53 bits per heavy atom. The van der Waals surface area contributed by atoms with Gasteiger partial charge in [-0.1, -0.05) is 34.6 Å². The van der Waals surface area contributed by atoms with Crippen LogP contribution in [0.25, 0.3) is 0 Å². The third kappa shape index (κ3) is 6.38. The van der Waals surface area contributed by atoms with E-state index in [0.29, 0.717) is 12.6 Å². The predicted molar refractivity (Wildman–Crippen MR) is 73.7 cm³/mol. The van der Waals surface area contributed by atoms with E-state index in [2.05, 4.69) is 10.0 Å². The molecule has 0 radical (unpaired) electrons. The van der Waals surface area contributed by atoms with Crippen LogP contribution in [-0.2, 0) is 10.0 Å². The molecule has 2 N–H and O–H groups in total. The molecule has 0 aromatic heterocycles. The van der Waals surface area contributed by atoms with Gasteiger partial charge >= 0.3 is 0 Å². The van der Waals surface area contributed by atoms with E-state index in [4.69, 9.17) is 0 Å². The maximum atomic E-state index is 12.0. The Labute approximate surface area is 107 Å². The molecule has 0 aliphatic heterocycles. The molecule has 0 fully saturated rings. The monoisotopic (exact) mass is 264 g/mol. The molecule has 0 atom stereocenters. The molecule has 0 heterocycles. The smallest absolute Gasteiger partial charge is 0.213 e. The third-order valence-corrected chi connectivity index (χ3v) is 4.81. The summed E-state index contributed by atoms with van der Waals surface area (Å²) in [4.78, 5) is 0. The van der Waals surface area contributed by atoms with Gasteiger partial charge in [0.25, 0.3) is 0 Å². The van der Waals surface area contributed by atoms with Gasteiger partial charge in [0, 0.05) is 18.1 Å². The largest absolute Gasteiger partial charge is 0.313 e. The highest BCUT2D eigenvalue weighted by Crippen LogP contribution is 2.20. The normalized spacial score (nSPS) is 13.3. The lowest BCUT2D eigenvalue weighted by atomic mass is 9.91. The van der Waals surface area contributed by atoms with Crippen molar-refractivity contribution in [3.63, 3.8) is 0 Å². The first-order valence-corrected chi connectivity index (χ1v) is 8.21. The second-order valence-corrected chi connectivity index (χ2v) is 6.71. The first-order valence-electron chi connectivity index (χ1n) is 6.56. The van der Waals surface area contributed by atoms with Crippen molar-refractivity contribution in [1.29, 1.82) is 0 Å². The second-order valence-electron chi connectivity index (χ2n) is 4.87. The molecule has 0 aliphatic carbocycles. The van der Waals surface area contributed by atoms with Crippen molar-refractivity contribution in [2.24, 2.45) is 0 Å². The van der Waals surface area contributed by atoms with Crippen molar-refractivity contribution >= 4 is 10.0 Å². The Balaban J connectivity index is 4.42. The van der Waals surface area contributed by atoms with Crippen LogP contribution in [0.1, 0.15) is 53.9 Å². The lowest BCUT2D eigenvalue weighted by Gasteiger charge is -2.31. The molecular weight excluding hydrogens is 236 g/mol. The van der Waals surface area contributed by atoms with Crippen molar-refractivity contribution in [3.05, 3.63) is 0 Å². The zero-order valence-electron chi connectivity index (χ0n) is 11.8. The second kappa shape index (κ2) is 7.34. The minimum Gasteiger partial charge on any atom is -0.313 e. The summed E-state index contributed by atoms with van der Waals surface area (Å²) in [5.41, 5.74) is -0.267. The number of rotatable bonds is 9. The van der Waals surface area contributed by atoms with Crippen LogP contribution in [0.2, 0.25) is 0 Å². The minimum atomic E-state index is -3.18. The van der Waals surface area contributed by atoms with Crippen LogP contribution in [0.15, 0.2) is 0 Å². The average Bonchev–Trinajstić information content (AvgIpc) is 2.25. The molecule has 4 nitrogen and oxygen atoms in total. The van der Waals surface area contributed by atoms with E-state index in [-0.39, 0.29) is 11.3 Å². The lowest BCUT2D eigenvalue weighted by Crippen LogP contribution is -2.49. The summed E-state index contributed by atoms with van der Waals surface area (Å²) in [6, 6.07) is 0.318. The van der Waals surface area contributed by atoms with Gasteiger partial charge in [0.05, 0.1) is 5.75 Å². The molecule has 0 aliphatic rings. The maximum Gasteiger partial charge on any atom is 0.213 e. The van der Waals surface area contributed by atoms with Gasteiger partial charge in [-0.05, 0) is 19.3 Å². The summed E-state index contributed by atoms with van der Waals surface area (Å²) in [5.74, 6) is 0.146. The van der Waals surface area contributed by atoms with Crippen LogP contribution >= 0.6 is 0 Å². The first-order chi connectivity index (χ1) is 7.81. The highest BCUT2D eigenvalue weighted by Gasteiger charge is 2.28. The summed E-state index contributed by atoms with van der Waals surface area (Å²) < 4.78 is 26.8. The SMILES string of the molecule is CCC(CC)(CC)NS(=O)(=O)CCNC(C)C. The Hall–Kier alpha value is -0.130. The number of hydrogen-bond acceptors (Lipinski definition) is 3. The van der Waals surface area contributed by atoms with Crippen LogP contribution < -0.4 is 10.0 Å². The van der Waals surface area contributed by atoms with Gasteiger partial charge in [0.15, 0.2) is 0 Å². The van der Waals surface area contributed by atoms with E-state index in [0.717, 1.165) is 19.3 Å². The summed E-state index contributed by atoms with van der Waals surface area (Å²) in [7, 11) is -3.18. The third-order valence-electron chi connectivity index (χ3n) is 3.33. The molecule has 0 aromatic carbocycles. The standard InChI is InChI=1S/C12H28N2O2S/c1-6-12(7-2,8-3)14-17(15,16)10-9-13-11(4)5/h11,13-14H,6-10H2,1-5H3. The lowest BCUT2D eigenvalue weighted by molar-refractivity contribution is 0.341. The molecule has 0 amide bonds. The zero-order valence-corrected chi connectivity index (χ0v) is 12.7. The minimum absolute atomic E-state index is 0.146. The summed E-state index contributed by atoms with van der Waals surface area (Å²) in [6.07, 6.45) is 2.49. The zero-order chi connectivity index (χ0) is 13.5. The fourth-order valence-electron chi connectivity index (χ4n) is 1.83. The fourth-order valence-corrected chi connectivity index (χ4v) is 3.41. The van der Waals surface area contributed by atoms with Crippen molar-refractivity contribution in [1.82, 2.24) is 10.0 Å². The van der Waals surface area contributed by atoms with Gasteiger partial charge < -0.3 is 5.32 Å². The molecule has 104 valence electrons. The van der Waals surface area contributed by atoms with Crippen LogP contribution in [0.5, 0.6) is 0 Å². The molecule has 0 aromatic rings. The van der Waals surface area contributed by atoms with Gasteiger partial charge in [-0.25, -0.2) is 13.1 Å². The summed E-state index contributed by atoms with van der Waals surface area (Å²) in [5, 5.41) is 3.12. The van der Waals surface area contributed by atoms with Gasteiger partial charge in [-0.2, -0.15) is 0 Å². The van der Waals surface area contributed by atoms with Gasteiger partial charge in [-0.3, -0.25) is 0 Å². The first kappa shape index (κ1) is 16.9. The summed E-state index contributed by atoms with van der Waals surface area (Å²) >= 11 is 0. The van der Waals surface area contributed by atoms with Crippen molar-refractivity contribution in [3.8, 4) is 0 Å². The molecule has 0 bridgehead atoms. The van der Waals surface area contributed by atoms with Crippen LogP contribution in [0.4, 0.5) is 0 Å². The highest BCUT2D eigenvalue weighted by atomic mass is 32.2. The van der Waals surface area contributed by atoms with E-state index in [1.807, 2.05) is 34.6 Å². The van der Waals surface area contributed by atoms with E-state index in [1.54, 1.807) is 0 Å². The van der Waals surface area contributed by atoms with E-state index < -0.39 is 10.0 Å². The summed E-state index contributed by atoms with van der Waals surface area (Å²) in [6.45, 7) is 10.6. The molecule has 0 saturated heterocycles. The molecule has 5 heteroatoms. The van der Waals surface area contributed by atoms with Crippen molar-refractivity contribution < 1.29 is 8.42 Å². The van der Waals surface area contributed by atoms with E-state index >= 15 is 0 Å². The highest BCUT2D eigenvalue weighted by molar-refractivity contribution is 7.89. The quantitative estimate of drug-likeness (QED) is 0.668. The van der Waals surface area contributed by atoms with E-state index in [1.165, 1.54) is 0 Å². The molecule has 0 saturated carbocycles. The topological polar surface area (TPSA) is 58.2 Å². The molecule has 0 unspecified atom stereocenters. The van der Waals surface area contributed by atoms with Crippen LogP contribution in [0, 0.1) is 0 Å². The molecule has 0 spiro atoms. The van der Waals surface area contributed by atoms with Crippen molar-refractivity contribution in [2.45, 2.75) is 65.5 Å². The Bertz CT molecular complexity index is 287. The Morgan fingerprint density at radius 3 is 1.88 bits per heavy atom. The number of nitrogens with one attached hydrogen (secondary N) is 2. The Morgan fingerprint density at radius 1 is 1.06 bits per heavy atom. The van der Waals surface area contributed by atoms with Crippen LogP contribution in [0.3, 0.4) is 0 Å². The van der Waals surface area contributed by atoms with Gasteiger partial charge in [0.1, 0.15) is 0 Å². The maximum absolute atomic E-state index is 12.0. The molecule has 17 heavy (non-hydrogen) atoms. The molecule has 0 rings (SSSR count).